The van der Waals surface area contributed by atoms with Crippen molar-refractivity contribution in [2.75, 3.05) is 20.2 Å². The van der Waals surface area contributed by atoms with Gasteiger partial charge in [-0.1, -0.05) is 60.1 Å². The highest BCUT2D eigenvalue weighted by Gasteiger charge is 2.28. The summed E-state index contributed by atoms with van der Waals surface area (Å²) in [5.41, 5.74) is 5.78. The van der Waals surface area contributed by atoms with Crippen LogP contribution in [0.1, 0.15) is 58.0 Å². The molecule has 2 aliphatic rings. The summed E-state index contributed by atoms with van der Waals surface area (Å²) in [5.74, 6) is 0.497. The van der Waals surface area contributed by atoms with Crippen molar-refractivity contribution in [3.63, 3.8) is 0 Å². The van der Waals surface area contributed by atoms with Gasteiger partial charge in [0.2, 0.25) is 0 Å². The Kier molecular flexibility index (Phi) is 9.17. The summed E-state index contributed by atoms with van der Waals surface area (Å²) in [7, 11) is 1.36. The van der Waals surface area contributed by atoms with Gasteiger partial charge in [0, 0.05) is 36.8 Å². The summed E-state index contributed by atoms with van der Waals surface area (Å²) in [6.07, 6.45) is 2.44. The number of ether oxygens (including phenoxy) is 3. The number of carbonyl (C=O) groups excluding carboxylic acids is 1. The minimum Gasteiger partial charge on any atom is -0.488 e. The Labute approximate surface area is 261 Å². The van der Waals surface area contributed by atoms with Crippen LogP contribution in [0.5, 0.6) is 11.5 Å². The van der Waals surface area contributed by atoms with E-state index in [2.05, 4.69) is 4.90 Å². The molecule has 1 N–H and O–H groups in total. The number of carbonyl (C=O) groups is 1. The molecule has 0 aromatic heterocycles. The highest BCUT2D eigenvalue weighted by atomic mass is 35.5. The van der Waals surface area contributed by atoms with Gasteiger partial charge >= 0.3 is 5.97 Å². The third-order valence-electron chi connectivity index (χ3n) is 8.46. The second kappa shape index (κ2) is 13.4. The Morgan fingerprint density at radius 1 is 0.955 bits per heavy atom. The number of fused-ring (bicyclic) bond motifs is 1. The van der Waals surface area contributed by atoms with Crippen LogP contribution in [0, 0.1) is 5.82 Å². The Bertz CT molecular complexity index is 1650. The molecule has 8 heteroatoms. The van der Waals surface area contributed by atoms with E-state index in [1.807, 2.05) is 48.5 Å². The average Bonchev–Trinajstić information content (AvgIpc) is 3.45. The van der Waals surface area contributed by atoms with E-state index in [9.17, 15) is 14.3 Å². The van der Waals surface area contributed by atoms with Crippen molar-refractivity contribution in [2.45, 2.75) is 51.0 Å². The molecule has 0 saturated carbocycles. The summed E-state index contributed by atoms with van der Waals surface area (Å²) in [6.45, 7) is 2.40. The Morgan fingerprint density at radius 2 is 1.73 bits per heavy atom. The second-order valence-electron chi connectivity index (χ2n) is 11.4. The number of aliphatic hydroxyl groups excluding tert-OH is 1. The predicted molar refractivity (Wildman–Crippen MR) is 168 cm³/mol. The third kappa shape index (κ3) is 6.60. The molecule has 6 rings (SSSR count). The van der Waals surface area contributed by atoms with Crippen molar-refractivity contribution >= 4 is 17.6 Å². The van der Waals surface area contributed by atoms with Crippen LogP contribution in [0.4, 0.5) is 4.39 Å². The van der Waals surface area contributed by atoms with Crippen molar-refractivity contribution in [3.8, 4) is 22.6 Å². The van der Waals surface area contributed by atoms with Crippen LogP contribution in [-0.2, 0) is 24.3 Å². The molecule has 0 spiro atoms. The fourth-order valence-electron chi connectivity index (χ4n) is 6.13. The highest BCUT2D eigenvalue weighted by molar-refractivity contribution is 6.32. The van der Waals surface area contributed by atoms with Crippen LogP contribution >= 0.6 is 11.6 Å². The van der Waals surface area contributed by atoms with Gasteiger partial charge in [-0.05, 0) is 72.2 Å². The van der Waals surface area contributed by atoms with E-state index >= 15 is 0 Å². The number of esters is 1. The lowest BCUT2D eigenvalue weighted by molar-refractivity contribution is 0.0600. The number of methoxy groups -OCH3 is 1. The first-order valence-electron chi connectivity index (χ1n) is 15.0. The molecule has 44 heavy (non-hydrogen) atoms. The lowest BCUT2D eigenvalue weighted by atomic mass is 9.96. The number of hydrogen-bond acceptors (Lipinski definition) is 6. The van der Waals surface area contributed by atoms with Gasteiger partial charge in [-0.25, -0.2) is 9.18 Å². The number of piperidine rings is 1. The zero-order valence-electron chi connectivity index (χ0n) is 24.6. The topological polar surface area (TPSA) is 68.2 Å². The molecule has 0 radical (unpaired) electrons. The van der Waals surface area contributed by atoms with E-state index < -0.39 is 5.97 Å². The van der Waals surface area contributed by atoms with Crippen LogP contribution in [0.3, 0.4) is 0 Å². The van der Waals surface area contributed by atoms with Crippen LogP contribution in [-0.4, -0.2) is 42.3 Å². The quantitative estimate of drug-likeness (QED) is 0.196. The number of aliphatic hydroxyl groups is 1. The van der Waals surface area contributed by atoms with E-state index in [-0.39, 0.29) is 24.6 Å². The van der Waals surface area contributed by atoms with E-state index in [0.29, 0.717) is 34.2 Å². The summed E-state index contributed by atoms with van der Waals surface area (Å²) in [6, 6.07) is 23.7. The SMILES string of the molecule is COC(=O)c1cccc(COc2cc(O[C@H]3CCc4c(-c5ccccc5F)cccc43)c(Cl)cc2CN2CCC(O)CC2)c1. The van der Waals surface area contributed by atoms with Crippen LogP contribution in [0.2, 0.25) is 5.02 Å². The summed E-state index contributed by atoms with van der Waals surface area (Å²) >= 11 is 6.84. The maximum Gasteiger partial charge on any atom is 0.337 e. The molecule has 0 bridgehead atoms. The van der Waals surface area contributed by atoms with Gasteiger partial charge in [-0.2, -0.15) is 0 Å². The molecule has 228 valence electrons. The first-order valence-corrected chi connectivity index (χ1v) is 15.3. The number of rotatable bonds is 9. The molecular weight excluding hydrogens is 581 g/mol. The normalized spacial score (nSPS) is 16.9. The Morgan fingerprint density at radius 3 is 2.52 bits per heavy atom. The summed E-state index contributed by atoms with van der Waals surface area (Å²) in [4.78, 5) is 14.3. The number of benzene rings is 4. The Balaban J connectivity index is 1.27. The van der Waals surface area contributed by atoms with Crippen molar-refractivity contribution in [1.29, 1.82) is 0 Å². The minimum absolute atomic E-state index is 0.232. The van der Waals surface area contributed by atoms with Gasteiger partial charge in [0.15, 0.2) is 0 Å². The molecule has 4 aromatic carbocycles. The molecule has 1 fully saturated rings. The van der Waals surface area contributed by atoms with Gasteiger partial charge in [-0.3, -0.25) is 4.90 Å². The highest BCUT2D eigenvalue weighted by Crippen LogP contribution is 2.43. The summed E-state index contributed by atoms with van der Waals surface area (Å²) in [5, 5.41) is 10.5. The molecule has 1 atom stereocenters. The minimum atomic E-state index is -0.406. The zero-order chi connectivity index (χ0) is 30.6. The van der Waals surface area contributed by atoms with E-state index in [0.717, 1.165) is 66.6 Å². The maximum atomic E-state index is 14.7. The van der Waals surface area contributed by atoms with Gasteiger partial charge in [0.1, 0.15) is 30.0 Å². The van der Waals surface area contributed by atoms with Gasteiger partial charge in [0.05, 0.1) is 23.8 Å². The predicted octanol–water partition coefficient (Wildman–Crippen LogP) is 7.53. The van der Waals surface area contributed by atoms with Crippen molar-refractivity contribution in [2.24, 2.45) is 0 Å². The molecular formula is C36H35ClFNO5. The number of likely N-dealkylation sites (tertiary alicyclic amines) is 1. The smallest absolute Gasteiger partial charge is 0.337 e. The van der Waals surface area contributed by atoms with Crippen molar-refractivity contribution in [3.05, 3.63) is 118 Å². The fraction of sp³-hybridized carbons (Fsp3) is 0.306. The van der Waals surface area contributed by atoms with E-state index in [4.69, 9.17) is 25.8 Å². The molecule has 1 aliphatic carbocycles. The molecule has 4 aromatic rings. The molecule has 0 amide bonds. The van der Waals surface area contributed by atoms with E-state index in [1.54, 1.807) is 24.3 Å². The largest absolute Gasteiger partial charge is 0.488 e. The van der Waals surface area contributed by atoms with Crippen LogP contribution in [0.15, 0.2) is 78.9 Å². The third-order valence-corrected chi connectivity index (χ3v) is 8.75. The van der Waals surface area contributed by atoms with E-state index in [1.165, 1.54) is 13.2 Å². The fourth-order valence-corrected chi connectivity index (χ4v) is 6.36. The monoisotopic (exact) mass is 615 g/mol. The number of halogens is 2. The first-order chi connectivity index (χ1) is 21.4. The summed E-state index contributed by atoms with van der Waals surface area (Å²) < 4.78 is 32.5. The molecule has 0 unspecified atom stereocenters. The van der Waals surface area contributed by atoms with Crippen LogP contribution < -0.4 is 9.47 Å². The average molecular weight is 616 g/mol. The van der Waals surface area contributed by atoms with Gasteiger partial charge < -0.3 is 19.3 Å². The Hall–Kier alpha value is -3.91. The molecule has 1 aliphatic heterocycles. The maximum absolute atomic E-state index is 14.7. The molecule has 1 heterocycles. The molecule has 6 nitrogen and oxygen atoms in total. The lowest BCUT2D eigenvalue weighted by Gasteiger charge is -2.30. The van der Waals surface area contributed by atoms with Gasteiger partial charge in [-0.15, -0.1) is 0 Å². The number of hydrogen-bond donors (Lipinski definition) is 1. The van der Waals surface area contributed by atoms with Crippen molar-refractivity contribution in [1.82, 2.24) is 4.90 Å². The second-order valence-corrected chi connectivity index (χ2v) is 11.8. The standard InChI is InChI=1S/C36H35ClFNO5/c1-42-36(41)24-7-4-6-23(18-24)22-43-34-20-35(31(37)19-25(34)21-39-16-14-26(40)15-17-39)44-33-13-12-28-27(9-5-10-30(28)33)29-8-2-3-11-32(29)38/h2-11,18-20,26,33,40H,12-17,21-22H2,1H3/t33-/m0/s1. The van der Waals surface area contributed by atoms with Gasteiger partial charge in [0.25, 0.3) is 0 Å². The lowest BCUT2D eigenvalue weighted by Crippen LogP contribution is -2.35. The zero-order valence-corrected chi connectivity index (χ0v) is 25.4. The van der Waals surface area contributed by atoms with Crippen molar-refractivity contribution < 1.29 is 28.5 Å². The first kappa shape index (κ1) is 30.1. The molecule has 1 saturated heterocycles. The van der Waals surface area contributed by atoms with Crippen LogP contribution in [0.25, 0.3) is 11.1 Å². The number of nitrogens with zero attached hydrogens (tertiary/aromatic N) is 1.